The molecule has 2 aromatic rings. The number of carbonyl (C=O) groups is 1. The summed E-state index contributed by atoms with van der Waals surface area (Å²) in [6, 6.07) is 5.79. The average molecular weight is 279 g/mol. The maximum Gasteiger partial charge on any atom is 0.230 e. The molecule has 19 heavy (non-hydrogen) atoms. The third-order valence-corrected chi connectivity index (χ3v) is 3.54. The molecule has 2 rings (SSSR count). The molecule has 1 aromatic heterocycles. The molecule has 1 aromatic carbocycles. The van der Waals surface area contributed by atoms with E-state index < -0.39 is 5.41 Å². The first-order valence-corrected chi connectivity index (χ1v) is 6.78. The van der Waals surface area contributed by atoms with E-state index in [1.807, 2.05) is 52.1 Å². The highest BCUT2D eigenvalue weighted by Crippen LogP contribution is 2.32. The number of hydrogen-bond donors (Lipinski definition) is 2. The fourth-order valence-electron chi connectivity index (χ4n) is 2.17. The van der Waals surface area contributed by atoms with Crippen LogP contribution in [-0.4, -0.2) is 16.9 Å². The third kappa shape index (κ3) is 2.61. The van der Waals surface area contributed by atoms with E-state index in [9.17, 15) is 4.79 Å². The smallest absolute Gasteiger partial charge is 0.230 e. The first kappa shape index (κ1) is 13.9. The van der Waals surface area contributed by atoms with Crippen molar-refractivity contribution in [3.8, 4) is 0 Å². The summed E-state index contributed by atoms with van der Waals surface area (Å²) in [5, 5.41) is 4.64. The lowest BCUT2D eigenvalue weighted by molar-refractivity contribution is -0.126. The number of aromatic nitrogens is 1. The Morgan fingerprint density at radius 2 is 2.05 bits per heavy atom. The maximum atomic E-state index is 12.3. The monoisotopic (exact) mass is 278 g/mol. The van der Waals surface area contributed by atoms with E-state index >= 15 is 0 Å². The van der Waals surface area contributed by atoms with Crippen LogP contribution in [0.5, 0.6) is 0 Å². The lowest BCUT2D eigenvalue weighted by Crippen LogP contribution is -2.43. The Bertz CT molecular complexity index is 614. The van der Waals surface area contributed by atoms with Crippen molar-refractivity contribution in [2.75, 3.05) is 0 Å². The normalized spacial score (nSPS) is 12.1. The van der Waals surface area contributed by atoms with Gasteiger partial charge < -0.3 is 10.3 Å². The van der Waals surface area contributed by atoms with Crippen LogP contribution >= 0.6 is 11.6 Å². The summed E-state index contributed by atoms with van der Waals surface area (Å²) in [7, 11) is 0. The van der Waals surface area contributed by atoms with E-state index in [0.29, 0.717) is 5.02 Å². The second kappa shape index (κ2) is 4.89. The van der Waals surface area contributed by atoms with E-state index in [1.54, 1.807) is 0 Å². The Kier molecular flexibility index (Phi) is 3.59. The van der Waals surface area contributed by atoms with Gasteiger partial charge in [0.15, 0.2) is 0 Å². The minimum absolute atomic E-state index is 0.0170. The summed E-state index contributed by atoms with van der Waals surface area (Å²) < 4.78 is 0. The second-order valence-corrected chi connectivity index (χ2v) is 6.08. The molecule has 2 N–H and O–H groups in total. The van der Waals surface area contributed by atoms with Gasteiger partial charge in [0.2, 0.25) is 5.91 Å². The molecular weight excluding hydrogens is 260 g/mol. The number of halogens is 1. The fourth-order valence-corrected chi connectivity index (χ4v) is 2.35. The number of H-pyrrole nitrogens is 1. The van der Waals surface area contributed by atoms with Crippen molar-refractivity contribution in [2.45, 2.75) is 39.2 Å². The Morgan fingerprint density at radius 1 is 1.37 bits per heavy atom. The lowest BCUT2D eigenvalue weighted by atomic mass is 9.83. The molecule has 0 saturated carbocycles. The number of aromatic amines is 1. The van der Waals surface area contributed by atoms with E-state index in [1.165, 1.54) is 0 Å². The molecule has 0 bridgehead atoms. The van der Waals surface area contributed by atoms with Crippen molar-refractivity contribution in [1.29, 1.82) is 0 Å². The minimum Gasteiger partial charge on any atom is -0.361 e. The van der Waals surface area contributed by atoms with Crippen LogP contribution in [0.1, 0.15) is 33.3 Å². The van der Waals surface area contributed by atoms with E-state index in [0.717, 1.165) is 16.5 Å². The Morgan fingerprint density at radius 3 is 2.68 bits per heavy atom. The molecule has 0 atom stereocenters. The zero-order valence-electron chi connectivity index (χ0n) is 11.7. The highest BCUT2D eigenvalue weighted by Gasteiger charge is 2.32. The summed E-state index contributed by atoms with van der Waals surface area (Å²) in [5.41, 5.74) is 1.35. The molecule has 1 heterocycles. The third-order valence-electron chi connectivity index (χ3n) is 3.30. The van der Waals surface area contributed by atoms with Gasteiger partial charge in [-0.25, -0.2) is 0 Å². The number of nitrogens with one attached hydrogen (secondary N) is 2. The van der Waals surface area contributed by atoms with Crippen LogP contribution in [0.2, 0.25) is 5.02 Å². The Hall–Kier alpha value is -1.48. The van der Waals surface area contributed by atoms with Gasteiger partial charge in [-0.3, -0.25) is 4.79 Å². The molecule has 0 aliphatic heterocycles. The van der Waals surface area contributed by atoms with Crippen molar-refractivity contribution in [3.63, 3.8) is 0 Å². The van der Waals surface area contributed by atoms with Crippen molar-refractivity contribution in [1.82, 2.24) is 10.3 Å². The summed E-state index contributed by atoms with van der Waals surface area (Å²) in [4.78, 5) is 15.5. The van der Waals surface area contributed by atoms with Gasteiger partial charge in [0.25, 0.3) is 0 Å². The standard InChI is InChI=1S/C15H19ClN2O/c1-9(2)18-14(19)15(3,4)12-8-17-13-6-5-10(16)7-11(12)13/h5-9,17H,1-4H3,(H,18,19). The average Bonchev–Trinajstić information content (AvgIpc) is 2.71. The van der Waals surface area contributed by atoms with E-state index in [4.69, 9.17) is 11.6 Å². The van der Waals surface area contributed by atoms with Gasteiger partial charge >= 0.3 is 0 Å². The molecule has 0 spiro atoms. The predicted octanol–water partition coefficient (Wildman–Crippen LogP) is 3.62. The zero-order chi connectivity index (χ0) is 14.2. The largest absolute Gasteiger partial charge is 0.361 e. The van der Waals surface area contributed by atoms with Gasteiger partial charge in [0, 0.05) is 28.2 Å². The number of benzene rings is 1. The molecule has 0 unspecified atom stereocenters. The summed E-state index contributed by atoms with van der Waals surface area (Å²) >= 11 is 6.05. The molecule has 0 radical (unpaired) electrons. The molecular formula is C15H19ClN2O. The SMILES string of the molecule is CC(C)NC(=O)C(C)(C)c1c[nH]c2ccc(Cl)cc12. The Balaban J connectivity index is 2.48. The molecule has 0 aliphatic rings. The molecule has 3 nitrogen and oxygen atoms in total. The van der Waals surface area contributed by atoms with Gasteiger partial charge in [-0.2, -0.15) is 0 Å². The van der Waals surface area contributed by atoms with Crippen molar-refractivity contribution < 1.29 is 4.79 Å². The molecule has 4 heteroatoms. The molecule has 0 aliphatic carbocycles. The van der Waals surface area contributed by atoms with Crippen LogP contribution < -0.4 is 5.32 Å². The van der Waals surface area contributed by atoms with E-state index in [-0.39, 0.29) is 11.9 Å². The Labute approximate surface area is 118 Å². The molecule has 0 fully saturated rings. The van der Waals surface area contributed by atoms with Crippen LogP contribution in [0.15, 0.2) is 24.4 Å². The number of rotatable bonds is 3. The number of amides is 1. The topological polar surface area (TPSA) is 44.9 Å². The van der Waals surface area contributed by atoms with Crippen LogP contribution in [0.3, 0.4) is 0 Å². The minimum atomic E-state index is -0.604. The lowest BCUT2D eigenvalue weighted by Gasteiger charge is -2.24. The highest BCUT2D eigenvalue weighted by molar-refractivity contribution is 6.31. The highest BCUT2D eigenvalue weighted by atomic mass is 35.5. The predicted molar refractivity (Wildman–Crippen MR) is 79.6 cm³/mol. The van der Waals surface area contributed by atoms with Gasteiger partial charge in [-0.05, 0) is 51.5 Å². The number of carbonyl (C=O) groups excluding carboxylic acids is 1. The quantitative estimate of drug-likeness (QED) is 0.885. The van der Waals surface area contributed by atoms with Crippen LogP contribution in [0.4, 0.5) is 0 Å². The molecule has 0 saturated heterocycles. The van der Waals surface area contributed by atoms with Crippen LogP contribution in [0.25, 0.3) is 10.9 Å². The van der Waals surface area contributed by atoms with Crippen LogP contribution in [0, 0.1) is 0 Å². The van der Waals surface area contributed by atoms with Gasteiger partial charge in [-0.15, -0.1) is 0 Å². The fraction of sp³-hybridized carbons (Fsp3) is 0.400. The second-order valence-electron chi connectivity index (χ2n) is 5.65. The van der Waals surface area contributed by atoms with E-state index in [2.05, 4.69) is 10.3 Å². The maximum absolute atomic E-state index is 12.3. The summed E-state index contributed by atoms with van der Waals surface area (Å²) in [5.74, 6) is 0.0170. The zero-order valence-corrected chi connectivity index (χ0v) is 12.4. The van der Waals surface area contributed by atoms with Gasteiger partial charge in [-0.1, -0.05) is 11.6 Å². The summed E-state index contributed by atoms with van der Waals surface area (Å²) in [6.45, 7) is 7.77. The molecule has 102 valence electrons. The number of fused-ring (bicyclic) bond motifs is 1. The first-order valence-electron chi connectivity index (χ1n) is 6.40. The summed E-state index contributed by atoms with van der Waals surface area (Å²) in [6.07, 6.45) is 1.89. The first-order chi connectivity index (χ1) is 8.82. The van der Waals surface area contributed by atoms with Gasteiger partial charge in [0.05, 0.1) is 5.41 Å². The van der Waals surface area contributed by atoms with Crippen molar-refractivity contribution >= 4 is 28.4 Å². The van der Waals surface area contributed by atoms with Gasteiger partial charge in [0.1, 0.15) is 0 Å². The van der Waals surface area contributed by atoms with Crippen molar-refractivity contribution in [2.24, 2.45) is 0 Å². The number of hydrogen-bond acceptors (Lipinski definition) is 1. The van der Waals surface area contributed by atoms with Crippen molar-refractivity contribution in [3.05, 3.63) is 35.0 Å². The van der Waals surface area contributed by atoms with Crippen LogP contribution in [-0.2, 0) is 10.2 Å². The molecule has 1 amide bonds.